The van der Waals surface area contributed by atoms with Crippen LogP contribution in [0.15, 0.2) is 48.5 Å². The highest BCUT2D eigenvalue weighted by Crippen LogP contribution is 2.29. The monoisotopic (exact) mass is 436 g/mol. The molecule has 32 heavy (non-hydrogen) atoms. The van der Waals surface area contributed by atoms with Crippen molar-refractivity contribution in [2.45, 2.75) is 19.3 Å². The van der Waals surface area contributed by atoms with Gasteiger partial charge in [0, 0.05) is 44.7 Å². The molecule has 1 fully saturated rings. The van der Waals surface area contributed by atoms with Crippen molar-refractivity contribution in [3.05, 3.63) is 48.5 Å². The van der Waals surface area contributed by atoms with Gasteiger partial charge in [-0.2, -0.15) is 0 Å². The van der Waals surface area contributed by atoms with Gasteiger partial charge in [-0.25, -0.2) is 0 Å². The van der Waals surface area contributed by atoms with Crippen LogP contribution >= 0.6 is 0 Å². The lowest BCUT2D eigenvalue weighted by atomic mass is 10.1. The Balaban J connectivity index is 1.31. The highest BCUT2D eigenvalue weighted by Gasteiger charge is 2.27. The van der Waals surface area contributed by atoms with Gasteiger partial charge < -0.3 is 24.8 Å². The van der Waals surface area contributed by atoms with Gasteiger partial charge in [-0.05, 0) is 42.8 Å². The van der Waals surface area contributed by atoms with Gasteiger partial charge in [0.2, 0.25) is 17.7 Å². The number of hydrogen-bond donors (Lipinski definition) is 1. The predicted octanol–water partition coefficient (Wildman–Crippen LogP) is 2.50. The van der Waals surface area contributed by atoms with E-state index in [1.54, 1.807) is 19.2 Å². The van der Waals surface area contributed by atoms with E-state index in [1.807, 2.05) is 41.3 Å². The van der Waals surface area contributed by atoms with Gasteiger partial charge in [-0.15, -0.1) is 0 Å². The van der Waals surface area contributed by atoms with Crippen LogP contribution in [0, 0.1) is 0 Å². The topological polar surface area (TPSA) is 82.2 Å². The molecule has 2 aliphatic rings. The molecule has 0 aromatic heterocycles. The Morgan fingerprint density at radius 3 is 2.47 bits per heavy atom. The third-order valence-corrected chi connectivity index (χ3v) is 5.91. The van der Waals surface area contributed by atoms with E-state index in [1.165, 1.54) is 4.90 Å². The van der Waals surface area contributed by atoms with Crippen LogP contribution in [0.2, 0.25) is 0 Å². The van der Waals surface area contributed by atoms with Crippen molar-refractivity contribution in [1.29, 1.82) is 0 Å². The number of benzene rings is 2. The summed E-state index contributed by atoms with van der Waals surface area (Å²) >= 11 is 0. The Bertz CT molecular complexity index is 992. The van der Waals surface area contributed by atoms with Crippen LogP contribution in [0.1, 0.15) is 19.3 Å². The lowest BCUT2D eigenvalue weighted by molar-refractivity contribution is -0.133. The summed E-state index contributed by atoms with van der Waals surface area (Å²) in [4.78, 5) is 43.2. The molecule has 0 spiro atoms. The summed E-state index contributed by atoms with van der Waals surface area (Å²) < 4.78 is 5.22. The van der Waals surface area contributed by atoms with Crippen molar-refractivity contribution in [2.75, 3.05) is 55.0 Å². The lowest BCUT2D eigenvalue weighted by Gasteiger charge is -2.29. The molecule has 0 aliphatic carbocycles. The normalized spacial score (nSPS) is 16.2. The second-order valence-electron chi connectivity index (χ2n) is 7.96. The first-order valence-corrected chi connectivity index (χ1v) is 10.9. The Morgan fingerprint density at radius 2 is 1.69 bits per heavy atom. The smallest absolute Gasteiger partial charge is 0.244 e. The number of nitrogens with zero attached hydrogens (tertiary/aromatic N) is 3. The van der Waals surface area contributed by atoms with Crippen LogP contribution in [-0.4, -0.2) is 62.5 Å². The number of nitrogens with one attached hydrogen (secondary N) is 1. The molecular formula is C24H28N4O4. The van der Waals surface area contributed by atoms with Crippen molar-refractivity contribution in [3.63, 3.8) is 0 Å². The zero-order valence-electron chi connectivity index (χ0n) is 18.3. The third kappa shape index (κ3) is 4.85. The van der Waals surface area contributed by atoms with Crippen LogP contribution in [0.5, 0.6) is 5.75 Å². The van der Waals surface area contributed by atoms with Crippen LogP contribution in [0.4, 0.5) is 17.1 Å². The second-order valence-corrected chi connectivity index (χ2v) is 7.96. The molecule has 8 nitrogen and oxygen atoms in total. The molecule has 2 aliphatic heterocycles. The zero-order chi connectivity index (χ0) is 22.5. The Morgan fingerprint density at radius 1 is 0.938 bits per heavy atom. The Kier molecular flexibility index (Phi) is 6.58. The van der Waals surface area contributed by atoms with Crippen LogP contribution in [0.3, 0.4) is 0 Å². The van der Waals surface area contributed by atoms with Gasteiger partial charge in [0.05, 0.1) is 18.5 Å². The molecule has 0 saturated carbocycles. The van der Waals surface area contributed by atoms with Gasteiger partial charge in [0.15, 0.2) is 0 Å². The number of amides is 3. The average Bonchev–Trinajstić information content (AvgIpc) is 3.08. The average molecular weight is 437 g/mol. The maximum absolute atomic E-state index is 12.8. The van der Waals surface area contributed by atoms with E-state index in [0.29, 0.717) is 24.5 Å². The first-order valence-electron chi connectivity index (χ1n) is 10.9. The molecule has 0 radical (unpaired) electrons. The molecule has 1 N–H and O–H groups in total. The largest absolute Gasteiger partial charge is 0.497 e. The highest BCUT2D eigenvalue weighted by atomic mass is 16.5. The van der Waals surface area contributed by atoms with E-state index in [2.05, 4.69) is 10.2 Å². The standard InChI is InChI=1S/C24H28N4O4/c1-32-19-9-7-18(8-10-19)26-13-4-14-27(16-15-26)23(30)11-12-24(31)28-17-22(29)25-20-5-2-3-6-21(20)28/h2-3,5-10H,4,11-17H2,1H3,(H,25,29). The summed E-state index contributed by atoms with van der Waals surface area (Å²) in [7, 11) is 1.65. The van der Waals surface area contributed by atoms with E-state index in [9.17, 15) is 14.4 Å². The summed E-state index contributed by atoms with van der Waals surface area (Å²) in [6, 6.07) is 15.1. The fourth-order valence-corrected chi connectivity index (χ4v) is 4.18. The molecular weight excluding hydrogens is 408 g/mol. The molecule has 4 rings (SSSR count). The first-order chi connectivity index (χ1) is 15.5. The molecule has 1 saturated heterocycles. The summed E-state index contributed by atoms with van der Waals surface area (Å²) in [5.41, 5.74) is 2.40. The minimum Gasteiger partial charge on any atom is -0.497 e. The van der Waals surface area contributed by atoms with Crippen LogP contribution in [-0.2, 0) is 14.4 Å². The van der Waals surface area contributed by atoms with Gasteiger partial charge in [0.25, 0.3) is 0 Å². The summed E-state index contributed by atoms with van der Waals surface area (Å²) in [6.45, 7) is 2.88. The molecule has 2 heterocycles. The number of hydrogen-bond acceptors (Lipinski definition) is 5. The molecule has 0 atom stereocenters. The fourth-order valence-electron chi connectivity index (χ4n) is 4.18. The van der Waals surface area contributed by atoms with E-state index in [0.717, 1.165) is 30.9 Å². The second kappa shape index (κ2) is 9.72. The van der Waals surface area contributed by atoms with Crippen molar-refractivity contribution in [2.24, 2.45) is 0 Å². The van der Waals surface area contributed by atoms with E-state index in [-0.39, 0.29) is 37.1 Å². The quantitative estimate of drug-likeness (QED) is 0.779. The van der Waals surface area contributed by atoms with Gasteiger partial charge in [0.1, 0.15) is 12.3 Å². The number of para-hydroxylation sites is 2. The van der Waals surface area contributed by atoms with Crippen LogP contribution < -0.4 is 19.9 Å². The van der Waals surface area contributed by atoms with E-state index >= 15 is 0 Å². The van der Waals surface area contributed by atoms with E-state index < -0.39 is 0 Å². The number of ether oxygens (including phenoxy) is 1. The molecule has 2 aromatic carbocycles. The minimum absolute atomic E-state index is 0.0232. The molecule has 8 heteroatoms. The van der Waals surface area contributed by atoms with Gasteiger partial charge in [-0.3, -0.25) is 14.4 Å². The summed E-state index contributed by atoms with van der Waals surface area (Å²) in [6.07, 6.45) is 1.09. The maximum Gasteiger partial charge on any atom is 0.244 e. The van der Waals surface area contributed by atoms with Gasteiger partial charge in [-0.1, -0.05) is 12.1 Å². The van der Waals surface area contributed by atoms with Crippen LogP contribution in [0.25, 0.3) is 0 Å². The van der Waals surface area contributed by atoms with Gasteiger partial charge >= 0.3 is 0 Å². The van der Waals surface area contributed by atoms with Crippen molar-refractivity contribution < 1.29 is 19.1 Å². The number of methoxy groups -OCH3 is 1. The molecule has 3 amide bonds. The third-order valence-electron chi connectivity index (χ3n) is 5.91. The van der Waals surface area contributed by atoms with Crippen molar-refractivity contribution >= 4 is 34.8 Å². The number of fused-ring (bicyclic) bond motifs is 1. The number of carbonyl (C=O) groups is 3. The number of rotatable bonds is 5. The summed E-state index contributed by atoms with van der Waals surface area (Å²) in [5, 5.41) is 2.77. The number of carbonyl (C=O) groups excluding carboxylic acids is 3. The maximum atomic E-state index is 12.8. The Hall–Kier alpha value is -3.55. The molecule has 0 bridgehead atoms. The zero-order valence-corrected chi connectivity index (χ0v) is 18.3. The molecule has 2 aromatic rings. The lowest BCUT2D eigenvalue weighted by Crippen LogP contribution is -2.42. The van der Waals surface area contributed by atoms with Crippen molar-refractivity contribution in [3.8, 4) is 5.75 Å². The first kappa shape index (κ1) is 21.7. The Labute approximate surface area is 187 Å². The minimum atomic E-state index is -0.227. The predicted molar refractivity (Wildman–Crippen MR) is 123 cm³/mol. The SMILES string of the molecule is COc1ccc(N2CCCN(C(=O)CCC(=O)N3CC(=O)Nc4ccccc43)CC2)cc1. The summed E-state index contributed by atoms with van der Waals surface area (Å²) in [5.74, 6) is 0.355. The molecule has 168 valence electrons. The molecule has 0 unspecified atom stereocenters. The van der Waals surface area contributed by atoms with E-state index in [4.69, 9.17) is 4.74 Å². The fraction of sp³-hybridized carbons (Fsp3) is 0.375. The van der Waals surface area contributed by atoms with Crippen molar-refractivity contribution in [1.82, 2.24) is 4.90 Å². The number of anilines is 3. The highest BCUT2D eigenvalue weighted by molar-refractivity contribution is 6.10.